The van der Waals surface area contributed by atoms with E-state index in [1.54, 1.807) is 12.3 Å². The van der Waals surface area contributed by atoms with E-state index in [1.807, 2.05) is 60.9 Å². The summed E-state index contributed by atoms with van der Waals surface area (Å²) in [4.78, 5) is 22.5. The molecule has 1 unspecified atom stereocenters. The van der Waals surface area contributed by atoms with Crippen LogP contribution in [-0.2, 0) is 10.5 Å². The number of thioether (sulfide) groups is 1. The number of nitrogens with zero attached hydrogens (tertiary/aromatic N) is 3. The summed E-state index contributed by atoms with van der Waals surface area (Å²) in [5.41, 5.74) is 4.04. The van der Waals surface area contributed by atoms with Gasteiger partial charge >= 0.3 is 0 Å². The number of carbonyl (C=O) groups excluding carboxylic acids is 1. The highest BCUT2D eigenvalue weighted by atomic mass is 32.2. The number of halogens is 1. The maximum absolute atomic E-state index is 13.6. The van der Waals surface area contributed by atoms with Crippen LogP contribution in [0.1, 0.15) is 30.5 Å². The zero-order chi connectivity index (χ0) is 21.8. The minimum absolute atomic E-state index is 0.116. The second-order valence-electron chi connectivity index (χ2n) is 7.26. The number of carbonyl (C=O) groups is 1. The molecule has 0 saturated carbocycles. The Morgan fingerprint density at radius 3 is 2.77 bits per heavy atom. The van der Waals surface area contributed by atoms with Crippen molar-refractivity contribution < 1.29 is 9.18 Å². The van der Waals surface area contributed by atoms with Crippen molar-refractivity contribution in [1.82, 2.24) is 14.5 Å². The van der Waals surface area contributed by atoms with Crippen molar-refractivity contribution in [3.63, 3.8) is 0 Å². The third-order valence-corrected chi connectivity index (χ3v) is 6.10. The fraction of sp³-hybridized carbons (Fsp3) is 0.208. The van der Waals surface area contributed by atoms with Gasteiger partial charge in [0.15, 0.2) is 10.8 Å². The van der Waals surface area contributed by atoms with Crippen molar-refractivity contribution in [2.75, 3.05) is 5.32 Å². The van der Waals surface area contributed by atoms with Gasteiger partial charge in [0.1, 0.15) is 17.4 Å². The monoisotopic (exact) mass is 434 g/mol. The largest absolute Gasteiger partial charge is 0.324 e. The number of benzene rings is 2. The highest BCUT2D eigenvalue weighted by Gasteiger charge is 2.25. The minimum Gasteiger partial charge on any atom is -0.324 e. The van der Waals surface area contributed by atoms with Crippen molar-refractivity contribution in [3.05, 3.63) is 83.8 Å². The van der Waals surface area contributed by atoms with Gasteiger partial charge in [-0.05, 0) is 54.8 Å². The number of hydrogen-bond donors (Lipinski definition) is 1. The predicted molar refractivity (Wildman–Crippen MR) is 123 cm³/mol. The fourth-order valence-corrected chi connectivity index (χ4v) is 4.47. The van der Waals surface area contributed by atoms with Crippen LogP contribution in [0, 0.1) is 12.7 Å². The van der Waals surface area contributed by atoms with E-state index in [2.05, 4.69) is 10.3 Å². The summed E-state index contributed by atoms with van der Waals surface area (Å²) in [5, 5.41) is 3.73. The Labute approximate surface area is 184 Å². The number of imidazole rings is 1. The molecule has 31 heavy (non-hydrogen) atoms. The summed E-state index contributed by atoms with van der Waals surface area (Å²) in [6.45, 7) is 3.93. The highest BCUT2D eigenvalue weighted by molar-refractivity contribution is 7.98. The molecule has 2 heterocycles. The Hall–Kier alpha value is -3.19. The molecule has 7 heteroatoms. The van der Waals surface area contributed by atoms with E-state index in [0.717, 1.165) is 22.3 Å². The van der Waals surface area contributed by atoms with Crippen LogP contribution in [0.5, 0.6) is 0 Å². The van der Waals surface area contributed by atoms with Gasteiger partial charge in [0, 0.05) is 17.6 Å². The van der Waals surface area contributed by atoms with Crippen molar-refractivity contribution >= 4 is 34.5 Å². The lowest BCUT2D eigenvalue weighted by Crippen LogP contribution is -2.26. The lowest BCUT2D eigenvalue weighted by atomic mass is 10.1. The quantitative estimate of drug-likeness (QED) is 0.376. The number of anilines is 1. The van der Waals surface area contributed by atoms with Crippen molar-refractivity contribution in [2.45, 2.75) is 37.2 Å². The van der Waals surface area contributed by atoms with Gasteiger partial charge in [0.2, 0.25) is 5.91 Å². The van der Waals surface area contributed by atoms with Gasteiger partial charge < -0.3 is 5.32 Å². The van der Waals surface area contributed by atoms with Crippen LogP contribution in [-0.4, -0.2) is 20.4 Å². The van der Waals surface area contributed by atoms with E-state index in [-0.39, 0.29) is 11.7 Å². The van der Waals surface area contributed by atoms with Crippen molar-refractivity contribution in [2.24, 2.45) is 0 Å². The summed E-state index contributed by atoms with van der Waals surface area (Å²) in [5.74, 6) is 0.156. The van der Waals surface area contributed by atoms with Crippen LogP contribution in [0.15, 0.2) is 72.0 Å². The average Bonchev–Trinajstić information content (AvgIpc) is 3.13. The lowest BCUT2D eigenvalue weighted by Gasteiger charge is -2.20. The molecule has 1 atom stereocenters. The second kappa shape index (κ2) is 9.31. The number of rotatable bonds is 7. The van der Waals surface area contributed by atoms with E-state index in [9.17, 15) is 9.18 Å². The number of aromatic nitrogens is 3. The summed E-state index contributed by atoms with van der Waals surface area (Å²) < 4.78 is 15.5. The first kappa shape index (κ1) is 21.1. The molecule has 0 radical (unpaired) electrons. The molecule has 4 rings (SSSR count). The van der Waals surface area contributed by atoms with E-state index in [1.165, 1.54) is 23.9 Å². The van der Waals surface area contributed by atoms with Gasteiger partial charge in [-0.3, -0.25) is 9.36 Å². The minimum atomic E-state index is -0.477. The second-order valence-corrected chi connectivity index (χ2v) is 8.20. The first-order valence-corrected chi connectivity index (χ1v) is 11.1. The molecule has 4 aromatic rings. The number of para-hydroxylation sites is 1. The van der Waals surface area contributed by atoms with E-state index in [0.29, 0.717) is 23.0 Å². The summed E-state index contributed by atoms with van der Waals surface area (Å²) in [6.07, 6.45) is 2.28. The fourth-order valence-electron chi connectivity index (χ4n) is 3.48. The normalized spacial score (nSPS) is 12.1. The molecule has 0 bridgehead atoms. The Kier molecular flexibility index (Phi) is 6.32. The zero-order valence-electron chi connectivity index (χ0n) is 17.4. The molecule has 0 aliphatic carbocycles. The van der Waals surface area contributed by atoms with Crippen molar-refractivity contribution in [3.8, 4) is 0 Å². The van der Waals surface area contributed by atoms with Crippen LogP contribution < -0.4 is 5.32 Å². The molecule has 2 aromatic carbocycles. The van der Waals surface area contributed by atoms with Crippen LogP contribution in [0.4, 0.5) is 10.1 Å². The molecule has 0 fully saturated rings. The molecule has 0 spiro atoms. The van der Waals surface area contributed by atoms with Gasteiger partial charge in [-0.15, -0.1) is 0 Å². The molecule has 5 nitrogen and oxygen atoms in total. The molecule has 0 aliphatic heterocycles. The number of hydrogen-bond acceptors (Lipinski definition) is 4. The average molecular weight is 435 g/mol. The number of aryl methyl sites for hydroxylation is 1. The van der Waals surface area contributed by atoms with Crippen LogP contribution in [0.25, 0.3) is 11.2 Å². The van der Waals surface area contributed by atoms with E-state index < -0.39 is 6.04 Å². The standard InChI is InChI=1S/C24H23FN4OS/c1-3-21(23(30)27-19-11-5-4-8-16(19)2)29-22-20(12-7-13-26-22)28-24(29)31-15-17-9-6-10-18(25)14-17/h4-14,21H,3,15H2,1-2H3,(H,27,30). The third kappa shape index (κ3) is 4.61. The Morgan fingerprint density at radius 1 is 1.16 bits per heavy atom. The molecule has 158 valence electrons. The van der Waals surface area contributed by atoms with E-state index >= 15 is 0 Å². The van der Waals surface area contributed by atoms with Crippen LogP contribution >= 0.6 is 11.8 Å². The van der Waals surface area contributed by atoms with Gasteiger partial charge in [-0.1, -0.05) is 49.0 Å². The summed E-state index contributed by atoms with van der Waals surface area (Å²) >= 11 is 1.47. The Balaban J connectivity index is 1.67. The van der Waals surface area contributed by atoms with Crippen LogP contribution in [0.3, 0.4) is 0 Å². The molecule has 2 aromatic heterocycles. The lowest BCUT2D eigenvalue weighted by molar-refractivity contribution is -0.119. The Bertz CT molecular complexity index is 1220. The smallest absolute Gasteiger partial charge is 0.247 e. The molecule has 1 amide bonds. The maximum atomic E-state index is 13.6. The highest BCUT2D eigenvalue weighted by Crippen LogP contribution is 2.31. The third-order valence-electron chi connectivity index (χ3n) is 5.08. The summed E-state index contributed by atoms with van der Waals surface area (Å²) in [6, 6.07) is 17.4. The molecular weight excluding hydrogens is 411 g/mol. The van der Waals surface area contributed by atoms with Crippen molar-refractivity contribution in [1.29, 1.82) is 0 Å². The van der Waals surface area contributed by atoms with Gasteiger partial charge in [-0.25, -0.2) is 14.4 Å². The number of fused-ring (bicyclic) bond motifs is 1. The number of pyridine rings is 1. The number of amides is 1. The Morgan fingerprint density at radius 2 is 2.00 bits per heavy atom. The van der Waals surface area contributed by atoms with Crippen LogP contribution in [0.2, 0.25) is 0 Å². The maximum Gasteiger partial charge on any atom is 0.247 e. The molecule has 0 saturated heterocycles. The van der Waals surface area contributed by atoms with E-state index in [4.69, 9.17) is 4.98 Å². The molecular formula is C24H23FN4OS. The zero-order valence-corrected chi connectivity index (χ0v) is 18.2. The number of nitrogens with one attached hydrogen (secondary N) is 1. The SMILES string of the molecule is CCC(C(=O)Nc1ccccc1C)n1c(SCc2cccc(F)c2)nc2cccnc21. The first-order chi connectivity index (χ1) is 15.1. The van der Waals surface area contributed by atoms with Gasteiger partial charge in [-0.2, -0.15) is 0 Å². The topological polar surface area (TPSA) is 59.8 Å². The molecule has 1 N–H and O–H groups in total. The first-order valence-electron chi connectivity index (χ1n) is 10.1. The predicted octanol–water partition coefficient (Wildman–Crippen LogP) is 5.76. The molecule has 0 aliphatic rings. The van der Waals surface area contributed by atoms with Gasteiger partial charge in [0.25, 0.3) is 0 Å². The summed E-state index contributed by atoms with van der Waals surface area (Å²) in [7, 11) is 0. The van der Waals surface area contributed by atoms with Gasteiger partial charge in [0.05, 0.1) is 0 Å².